The van der Waals surface area contributed by atoms with E-state index >= 15 is 0 Å². The Hall–Kier alpha value is -1.11. The van der Waals surface area contributed by atoms with Gasteiger partial charge >= 0.3 is 0 Å². The molecule has 0 fully saturated rings. The molecule has 0 heterocycles. The molecule has 55 valence electrons. The van der Waals surface area contributed by atoms with Gasteiger partial charge in [-0.2, -0.15) is 0 Å². The summed E-state index contributed by atoms with van der Waals surface area (Å²) in [5.74, 6) is 0. The average molecular weight is 147 g/mol. The van der Waals surface area contributed by atoms with Gasteiger partial charge < -0.3 is 0 Å². The van der Waals surface area contributed by atoms with Crippen molar-refractivity contribution in [2.45, 2.75) is 12.6 Å². The third-order valence-corrected chi connectivity index (χ3v) is 1.91. The smallest absolute Gasteiger partial charge is 0.151 e. The van der Waals surface area contributed by atoms with E-state index in [4.69, 9.17) is 0 Å². The van der Waals surface area contributed by atoms with Gasteiger partial charge in [-0.3, -0.25) is 0 Å². The van der Waals surface area contributed by atoms with E-state index in [0.717, 1.165) is 17.5 Å². The summed E-state index contributed by atoms with van der Waals surface area (Å²) in [7, 11) is 0. The molecule has 1 radical (unpaired) electrons. The van der Waals surface area contributed by atoms with Crippen molar-refractivity contribution in [3.63, 3.8) is 0 Å². The van der Waals surface area contributed by atoms with Crippen LogP contribution in [0.4, 0.5) is 4.39 Å². The fourth-order valence-corrected chi connectivity index (χ4v) is 1.33. The predicted octanol–water partition coefficient (Wildman–Crippen LogP) is 2.61. The van der Waals surface area contributed by atoms with E-state index < -0.39 is 6.17 Å². The molecule has 0 bridgehead atoms. The van der Waals surface area contributed by atoms with Gasteiger partial charge in [0, 0.05) is 0 Å². The van der Waals surface area contributed by atoms with Crippen molar-refractivity contribution in [1.29, 1.82) is 0 Å². The maximum Gasteiger partial charge on any atom is 0.151 e. The number of alkyl halides is 1. The summed E-state index contributed by atoms with van der Waals surface area (Å²) in [6.07, 6.45) is 4.21. The Bertz CT molecular complexity index is 289. The van der Waals surface area contributed by atoms with Crippen LogP contribution >= 0.6 is 0 Å². The van der Waals surface area contributed by atoms with Gasteiger partial charge in [-0.05, 0) is 23.6 Å². The lowest BCUT2D eigenvalue weighted by Crippen LogP contribution is -1.99. The molecule has 11 heavy (non-hydrogen) atoms. The van der Waals surface area contributed by atoms with E-state index in [9.17, 15) is 4.39 Å². The standard InChI is InChI=1S/C10H8F/c11-10-7-3-5-8-4-1-2-6-9(8)10/h1-4,6,10H,5H2. The summed E-state index contributed by atoms with van der Waals surface area (Å²) in [4.78, 5) is 0. The Morgan fingerprint density at radius 1 is 1.36 bits per heavy atom. The number of allylic oxidation sites excluding steroid dienone is 2. The molecule has 1 heteroatoms. The van der Waals surface area contributed by atoms with Crippen molar-refractivity contribution < 1.29 is 4.39 Å². The SMILES string of the molecule is FC1[C]=CCc2ccccc21. The van der Waals surface area contributed by atoms with Crippen LogP contribution in [0.25, 0.3) is 0 Å². The third-order valence-electron chi connectivity index (χ3n) is 1.91. The zero-order valence-electron chi connectivity index (χ0n) is 6.05. The first-order valence-electron chi connectivity index (χ1n) is 3.67. The Labute approximate surface area is 65.4 Å². The van der Waals surface area contributed by atoms with Crippen LogP contribution < -0.4 is 0 Å². The van der Waals surface area contributed by atoms with Gasteiger partial charge in [0.1, 0.15) is 0 Å². The summed E-state index contributed by atoms with van der Waals surface area (Å²) in [5.41, 5.74) is 1.86. The van der Waals surface area contributed by atoms with Gasteiger partial charge in [-0.1, -0.05) is 30.3 Å². The largest absolute Gasteiger partial charge is 0.237 e. The van der Waals surface area contributed by atoms with Crippen molar-refractivity contribution >= 4 is 0 Å². The van der Waals surface area contributed by atoms with Crippen molar-refractivity contribution in [3.8, 4) is 0 Å². The highest BCUT2D eigenvalue weighted by Gasteiger charge is 2.13. The molecule has 1 atom stereocenters. The predicted molar refractivity (Wildman–Crippen MR) is 41.8 cm³/mol. The number of halogens is 1. The normalized spacial score (nSPS) is 21.4. The zero-order valence-corrected chi connectivity index (χ0v) is 6.05. The van der Waals surface area contributed by atoms with Crippen LogP contribution in [0.1, 0.15) is 17.3 Å². The highest BCUT2D eigenvalue weighted by molar-refractivity contribution is 5.34. The minimum atomic E-state index is -1.01. The maximum atomic E-state index is 13.0. The molecule has 0 aliphatic heterocycles. The van der Waals surface area contributed by atoms with Gasteiger partial charge in [0.2, 0.25) is 0 Å². The van der Waals surface area contributed by atoms with E-state index in [1.54, 1.807) is 6.08 Å². The Kier molecular flexibility index (Phi) is 1.50. The first-order valence-corrected chi connectivity index (χ1v) is 3.67. The van der Waals surface area contributed by atoms with E-state index in [1.165, 1.54) is 0 Å². The van der Waals surface area contributed by atoms with Crippen LogP contribution in [0.2, 0.25) is 0 Å². The minimum Gasteiger partial charge on any atom is -0.237 e. The Morgan fingerprint density at radius 3 is 3.00 bits per heavy atom. The topological polar surface area (TPSA) is 0 Å². The second-order valence-corrected chi connectivity index (χ2v) is 2.64. The zero-order chi connectivity index (χ0) is 7.68. The van der Waals surface area contributed by atoms with Crippen LogP contribution in [-0.2, 0) is 6.42 Å². The fraction of sp³-hybridized carbons (Fsp3) is 0.200. The molecule has 2 rings (SSSR count). The molecule has 0 spiro atoms. The Balaban J connectivity index is 2.50. The molecule has 0 aromatic heterocycles. The summed E-state index contributed by atoms with van der Waals surface area (Å²) in [6.45, 7) is 0. The summed E-state index contributed by atoms with van der Waals surface area (Å²) in [5, 5.41) is 0. The van der Waals surface area contributed by atoms with E-state index in [-0.39, 0.29) is 0 Å². The van der Waals surface area contributed by atoms with Crippen LogP contribution in [-0.4, -0.2) is 0 Å². The second kappa shape index (κ2) is 2.50. The number of benzene rings is 1. The van der Waals surface area contributed by atoms with E-state index in [2.05, 4.69) is 6.08 Å². The Morgan fingerprint density at radius 2 is 2.18 bits per heavy atom. The average Bonchev–Trinajstić information content (AvgIpc) is 2.06. The molecule has 1 aliphatic carbocycles. The molecule has 0 amide bonds. The number of hydrogen-bond acceptors (Lipinski definition) is 0. The number of rotatable bonds is 0. The highest BCUT2D eigenvalue weighted by Crippen LogP contribution is 2.26. The van der Waals surface area contributed by atoms with E-state index in [1.807, 2.05) is 24.3 Å². The fourth-order valence-electron chi connectivity index (χ4n) is 1.33. The molecule has 0 N–H and O–H groups in total. The van der Waals surface area contributed by atoms with Gasteiger partial charge in [-0.15, -0.1) is 0 Å². The van der Waals surface area contributed by atoms with Crippen LogP contribution in [0.3, 0.4) is 0 Å². The lowest BCUT2D eigenvalue weighted by Gasteiger charge is -2.12. The summed E-state index contributed by atoms with van der Waals surface area (Å²) >= 11 is 0. The van der Waals surface area contributed by atoms with E-state index in [0.29, 0.717) is 0 Å². The van der Waals surface area contributed by atoms with Crippen LogP contribution in [0, 0.1) is 6.08 Å². The quantitative estimate of drug-likeness (QED) is 0.529. The van der Waals surface area contributed by atoms with Crippen molar-refractivity contribution in [2.75, 3.05) is 0 Å². The van der Waals surface area contributed by atoms with Crippen molar-refractivity contribution in [3.05, 3.63) is 47.5 Å². The van der Waals surface area contributed by atoms with Gasteiger partial charge in [-0.25, -0.2) is 4.39 Å². The van der Waals surface area contributed by atoms with Crippen LogP contribution in [0.15, 0.2) is 30.3 Å². The molecular weight excluding hydrogens is 139 g/mol. The monoisotopic (exact) mass is 147 g/mol. The first kappa shape index (κ1) is 6.59. The van der Waals surface area contributed by atoms with Crippen molar-refractivity contribution in [1.82, 2.24) is 0 Å². The molecule has 1 aliphatic rings. The lowest BCUT2D eigenvalue weighted by molar-refractivity contribution is 0.397. The van der Waals surface area contributed by atoms with Crippen LogP contribution in [0.5, 0.6) is 0 Å². The molecule has 1 unspecified atom stereocenters. The highest BCUT2D eigenvalue weighted by atomic mass is 19.1. The van der Waals surface area contributed by atoms with Gasteiger partial charge in [0.25, 0.3) is 0 Å². The minimum absolute atomic E-state index is 0.773. The molecule has 0 nitrogen and oxygen atoms in total. The van der Waals surface area contributed by atoms with Gasteiger partial charge in [0.05, 0.1) is 0 Å². The molecule has 1 aromatic rings. The lowest BCUT2D eigenvalue weighted by atomic mass is 9.96. The molecule has 1 aromatic carbocycles. The number of hydrogen-bond donors (Lipinski definition) is 0. The first-order chi connectivity index (χ1) is 5.38. The van der Waals surface area contributed by atoms with Crippen molar-refractivity contribution in [2.24, 2.45) is 0 Å². The maximum absolute atomic E-state index is 13.0. The molecule has 0 saturated heterocycles. The summed E-state index contributed by atoms with van der Waals surface area (Å²) < 4.78 is 13.0. The third kappa shape index (κ3) is 1.07. The molecule has 0 saturated carbocycles. The second-order valence-electron chi connectivity index (χ2n) is 2.64. The summed E-state index contributed by atoms with van der Waals surface area (Å²) in [6, 6.07) is 7.57. The number of fused-ring (bicyclic) bond motifs is 1. The van der Waals surface area contributed by atoms with Gasteiger partial charge in [0.15, 0.2) is 6.17 Å². The molecular formula is C10H8F.